The second kappa shape index (κ2) is 3.38. The lowest BCUT2D eigenvalue weighted by atomic mass is 10.2. The van der Waals surface area contributed by atoms with Crippen LogP contribution >= 0.6 is 0 Å². The van der Waals surface area contributed by atoms with Crippen molar-refractivity contribution >= 4 is 16.9 Å². The highest BCUT2D eigenvalue weighted by atomic mass is 16.1. The summed E-state index contributed by atoms with van der Waals surface area (Å²) in [5.74, 6) is 0.600. The van der Waals surface area contributed by atoms with Crippen molar-refractivity contribution in [2.75, 3.05) is 0 Å². The molecule has 1 aromatic carbocycles. The minimum Gasteiger partial charge on any atom is -0.366 e. The normalized spacial score (nSPS) is 10.8. The van der Waals surface area contributed by atoms with E-state index in [4.69, 9.17) is 5.73 Å². The van der Waals surface area contributed by atoms with Crippen LogP contribution in [0.1, 0.15) is 23.1 Å². The molecule has 0 fully saturated rings. The van der Waals surface area contributed by atoms with Crippen LogP contribution in [0.25, 0.3) is 11.0 Å². The maximum absolute atomic E-state index is 11.0. The molecule has 0 bridgehead atoms. The van der Waals surface area contributed by atoms with Gasteiger partial charge in [-0.3, -0.25) is 4.79 Å². The quantitative estimate of drug-likeness (QED) is 0.798. The largest absolute Gasteiger partial charge is 0.366 e. The Kier molecular flexibility index (Phi) is 2.19. The van der Waals surface area contributed by atoms with E-state index >= 15 is 0 Å². The summed E-state index contributed by atoms with van der Waals surface area (Å²) in [5, 5.41) is 0. The third-order valence-electron chi connectivity index (χ3n) is 2.57. The number of aryl methyl sites for hydroxylation is 2. The highest BCUT2D eigenvalue weighted by molar-refractivity contribution is 5.96. The van der Waals surface area contributed by atoms with Crippen LogP contribution in [-0.4, -0.2) is 15.5 Å². The summed E-state index contributed by atoms with van der Waals surface area (Å²) in [6.07, 6.45) is 0.872. The zero-order chi connectivity index (χ0) is 11.0. The van der Waals surface area contributed by atoms with E-state index in [2.05, 4.69) is 11.9 Å². The predicted molar refractivity (Wildman–Crippen MR) is 58.6 cm³/mol. The molecule has 0 spiro atoms. The fourth-order valence-corrected chi connectivity index (χ4v) is 1.71. The van der Waals surface area contributed by atoms with Crippen molar-refractivity contribution in [2.24, 2.45) is 12.8 Å². The van der Waals surface area contributed by atoms with Crippen LogP contribution in [0, 0.1) is 0 Å². The molecule has 4 nitrogen and oxygen atoms in total. The average Bonchev–Trinajstić information content (AvgIpc) is 2.55. The second-order valence-electron chi connectivity index (χ2n) is 3.51. The van der Waals surface area contributed by atoms with Crippen molar-refractivity contribution in [2.45, 2.75) is 13.3 Å². The Bertz CT molecular complexity index is 528. The number of benzene rings is 1. The van der Waals surface area contributed by atoms with Crippen molar-refractivity contribution in [3.63, 3.8) is 0 Å². The van der Waals surface area contributed by atoms with Gasteiger partial charge in [0.2, 0.25) is 5.91 Å². The van der Waals surface area contributed by atoms with Crippen LogP contribution in [0.3, 0.4) is 0 Å². The third kappa shape index (κ3) is 1.48. The lowest BCUT2D eigenvalue weighted by Crippen LogP contribution is -2.10. The maximum atomic E-state index is 11.0. The number of fused-ring (bicyclic) bond motifs is 1. The van der Waals surface area contributed by atoms with Crippen molar-refractivity contribution in [1.29, 1.82) is 0 Å². The van der Waals surface area contributed by atoms with Gasteiger partial charge >= 0.3 is 0 Å². The number of rotatable bonds is 2. The van der Waals surface area contributed by atoms with Crippen LogP contribution in [0.5, 0.6) is 0 Å². The van der Waals surface area contributed by atoms with Crippen LogP contribution < -0.4 is 5.73 Å². The standard InChI is InChI=1S/C11H13N3O/c1-3-10-13-8-5-4-7(11(12)15)6-9(8)14(10)2/h4-6H,3H2,1-2H3,(H2,12,15). The molecule has 0 radical (unpaired) electrons. The molecule has 15 heavy (non-hydrogen) atoms. The van der Waals surface area contributed by atoms with Crippen LogP contribution in [0.15, 0.2) is 18.2 Å². The fourth-order valence-electron chi connectivity index (χ4n) is 1.71. The van der Waals surface area contributed by atoms with Gasteiger partial charge in [-0.2, -0.15) is 0 Å². The first-order chi connectivity index (χ1) is 7.13. The Hall–Kier alpha value is -1.84. The number of imidazole rings is 1. The maximum Gasteiger partial charge on any atom is 0.248 e. The number of hydrogen-bond donors (Lipinski definition) is 1. The Labute approximate surface area is 87.7 Å². The minimum atomic E-state index is -0.406. The topological polar surface area (TPSA) is 60.9 Å². The number of hydrogen-bond acceptors (Lipinski definition) is 2. The monoisotopic (exact) mass is 203 g/mol. The van der Waals surface area contributed by atoms with Crippen molar-refractivity contribution < 1.29 is 4.79 Å². The van der Waals surface area contributed by atoms with Gasteiger partial charge in [0, 0.05) is 19.0 Å². The molecule has 2 N–H and O–H groups in total. The predicted octanol–water partition coefficient (Wildman–Crippen LogP) is 1.23. The van der Waals surface area contributed by atoms with Gasteiger partial charge in [0.15, 0.2) is 0 Å². The Morgan fingerprint density at radius 1 is 1.53 bits per heavy atom. The molecule has 78 valence electrons. The smallest absolute Gasteiger partial charge is 0.248 e. The molecule has 1 aromatic heterocycles. The zero-order valence-corrected chi connectivity index (χ0v) is 8.82. The molecule has 2 aromatic rings. The summed E-state index contributed by atoms with van der Waals surface area (Å²) in [6, 6.07) is 5.32. The van der Waals surface area contributed by atoms with Gasteiger partial charge in [0.05, 0.1) is 11.0 Å². The number of nitrogens with zero attached hydrogens (tertiary/aromatic N) is 2. The van der Waals surface area contributed by atoms with E-state index in [1.165, 1.54) is 0 Å². The summed E-state index contributed by atoms with van der Waals surface area (Å²) in [7, 11) is 1.94. The second-order valence-corrected chi connectivity index (χ2v) is 3.51. The first-order valence-electron chi connectivity index (χ1n) is 4.88. The summed E-state index contributed by atoms with van der Waals surface area (Å²) < 4.78 is 1.99. The Morgan fingerprint density at radius 3 is 2.87 bits per heavy atom. The number of amides is 1. The minimum absolute atomic E-state index is 0.406. The molecule has 0 aliphatic carbocycles. The Morgan fingerprint density at radius 2 is 2.27 bits per heavy atom. The molecule has 1 amide bonds. The first kappa shape index (κ1) is 9.71. The van der Waals surface area contributed by atoms with Gasteiger partial charge in [0.1, 0.15) is 5.82 Å². The van der Waals surface area contributed by atoms with E-state index in [-0.39, 0.29) is 0 Å². The van der Waals surface area contributed by atoms with Gasteiger partial charge in [-0.15, -0.1) is 0 Å². The van der Waals surface area contributed by atoms with Crippen LogP contribution in [0.4, 0.5) is 0 Å². The number of aromatic nitrogens is 2. The van der Waals surface area contributed by atoms with Crippen LogP contribution in [0.2, 0.25) is 0 Å². The zero-order valence-electron chi connectivity index (χ0n) is 8.82. The number of primary amides is 1. The van der Waals surface area contributed by atoms with E-state index in [0.29, 0.717) is 5.56 Å². The summed E-state index contributed by atoms with van der Waals surface area (Å²) in [4.78, 5) is 15.5. The molecule has 0 saturated carbocycles. The highest BCUT2D eigenvalue weighted by Crippen LogP contribution is 2.16. The van der Waals surface area contributed by atoms with Crippen molar-refractivity contribution in [3.05, 3.63) is 29.6 Å². The van der Waals surface area contributed by atoms with Gasteiger partial charge in [-0.25, -0.2) is 4.98 Å². The SMILES string of the molecule is CCc1nc2ccc(C(N)=O)cc2n1C. The summed E-state index contributed by atoms with van der Waals surface area (Å²) >= 11 is 0. The van der Waals surface area contributed by atoms with E-state index in [1.807, 2.05) is 17.7 Å². The summed E-state index contributed by atoms with van der Waals surface area (Å²) in [5.41, 5.74) is 7.60. The third-order valence-corrected chi connectivity index (χ3v) is 2.57. The first-order valence-corrected chi connectivity index (χ1v) is 4.88. The van der Waals surface area contributed by atoms with Gasteiger partial charge in [-0.1, -0.05) is 6.92 Å². The lowest BCUT2D eigenvalue weighted by molar-refractivity contribution is 0.100. The molecule has 1 heterocycles. The number of carbonyl (C=O) groups is 1. The molecule has 4 heteroatoms. The molecular formula is C11H13N3O. The van der Waals surface area contributed by atoms with Gasteiger partial charge < -0.3 is 10.3 Å². The van der Waals surface area contributed by atoms with E-state index in [9.17, 15) is 4.79 Å². The lowest BCUT2D eigenvalue weighted by Gasteiger charge is -1.99. The summed E-state index contributed by atoms with van der Waals surface area (Å²) in [6.45, 7) is 2.05. The highest BCUT2D eigenvalue weighted by Gasteiger charge is 2.08. The molecule has 0 aliphatic heterocycles. The Balaban J connectivity index is 2.70. The van der Waals surface area contributed by atoms with E-state index in [1.54, 1.807) is 12.1 Å². The number of carbonyl (C=O) groups excluding carboxylic acids is 1. The average molecular weight is 203 g/mol. The molecule has 0 saturated heterocycles. The van der Waals surface area contributed by atoms with Gasteiger partial charge in [-0.05, 0) is 18.2 Å². The van der Waals surface area contributed by atoms with Crippen molar-refractivity contribution in [1.82, 2.24) is 9.55 Å². The molecule has 0 atom stereocenters. The van der Waals surface area contributed by atoms with E-state index < -0.39 is 5.91 Å². The fraction of sp³-hybridized carbons (Fsp3) is 0.273. The van der Waals surface area contributed by atoms with E-state index in [0.717, 1.165) is 23.3 Å². The van der Waals surface area contributed by atoms with Crippen LogP contribution in [-0.2, 0) is 13.5 Å². The molecule has 0 unspecified atom stereocenters. The molecule has 2 rings (SSSR count). The van der Waals surface area contributed by atoms with Crippen molar-refractivity contribution in [3.8, 4) is 0 Å². The molecular weight excluding hydrogens is 190 g/mol. The molecule has 0 aliphatic rings. The number of nitrogens with two attached hydrogens (primary N) is 1. The van der Waals surface area contributed by atoms with Gasteiger partial charge in [0.25, 0.3) is 0 Å².